The predicted octanol–water partition coefficient (Wildman–Crippen LogP) is -6.21. The largest absolute Gasteiger partial charge is 0.481 e. The summed E-state index contributed by atoms with van der Waals surface area (Å²) in [4.78, 5) is 133. The lowest BCUT2D eigenvalue weighted by Gasteiger charge is -2.22. The van der Waals surface area contributed by atoms with Gasteiger partial charge in [0, 0.05) is 6.42 Å². The van der Waals surface area contributed by atoms with E-state index in [1.54, 1.807) is 30.3 Å². The van der Waals surface area contributed by atoms with Crippen molar-refractivity contribution < 1.29 is 73.2 Å². The number of nitrogens with one attached hydrogen (secondary N) is 8. The molecule has 0 saturated carbocycles. The van der Waals surface area contributed by atoms with Crippen molar-refractivity contribution in [2.24, 2.45) is 5.73 Å². The van der Waals surface area contributed by atoms with Gasteiger partial charge >= 0.3 is 17.9 Å². The maximum atomic E-state index is 12.8. The normalized spacial score (nSPS) is 13.7. The molecule has 314 valence electrons. The molecule has 0 saturated heterocycles. The summed E-state index contributed by atoms with van der Waals surface area (Å²) >= 11 is 0. The van der Waals surface area contributed by atoms with Gasteiger partial charge in [-0.3, -0.25) is 47.9 Å². The lowest BCUT2D eigenvalue weighted by molar-refractivity contribution is -0.143. The molecule has 0 fully saturated rings. The zero-order valence-electron chi connectivity index (χ0n) is 30.9. The van der Waals surface area contributed by atoms with Gasteiger partial charge in [0.25, 0.3) is 0 Å². The molecule has 0 aliphatic heterocycles. The first-order valence-corrected chi connectivity index (χ1v) is 17.1. The second-order valence-electron chi connectivity index (χ2n) is 12.3. The molecule has 0 radical (unpaired) electrons. The minimum absolute atomic E-state index is 0.215. The fourth-order valence-electron chi connectivity index (χ4n) is 4.47. The van der Waals surface area contributed by atoms with E-state index in [0.717, 1.165) is 12.5 Å². The lowest BCUT2D eigenvalue weighted by atomic mass is 10.1. The number of carboxylic acids is 3. The highest BCUT2D eigenvalue weighted by Crippen LogP contribution is 2.03. The second kappa shape index (κ2) is 24.7. The van der Waals surface area contributed by atoms with E-state index in [1.807, 2.05) is 10.6 Å². The SMILES string of the molecule is CC(NC(=O)[C@@H](N)Cc1ccccc1)C(=O)NCC(=O)NCC(=O)N[C@@H](CC(=O)O)C(=O)N[C@@H](C)C(=O)N[C@@H](CO)C(=O)NCC(=O)N[C@@H](CCC(=O)O)C(=O)O. The molecule has 0 spiro atoms. The Balaban J connectivity index is 2.60. The number of hydrogen-bond acceptors (Lipinski definition) is 13. The van der Waals surface area contributed by atoms with Gasteiger partial charge in [-0.15, -0.1) is 0 Å². The van der Waals surface area contributed by atoms with E-state index in [2.05, 4.69) is 31.9 Å². The van der Waals surface area contributed by atoms with Crippen LogP contribution in [0.2, 0.25) is 0 Å². The zero-order chi connectivity index (χ0) is 43.2. The molecular formula is C33H47N9O15. The first-order chi connectivity index (χ1) is 26.7. The Kier molecular flexibility index (Phi) is 20.9. The molecule has 0 bridgehead atoms. The summed E-state index contributed by atoms with van der Waals surface area (Å²) in [7, 11) is 0. The molecule has 0 heterocycles. The smallest absolute Gasteiger partial charge is 0.326 e. The molecule has 1 aromatic carbocycles. The van der Waals surface area contributed by atoms with Crippen molar-refractivity contribution in [1.29, 1.82) is 0 Å². The highest BCUT2D eigenvalue weighted by molar-refractivity contribution is 5.97. The number of aliphatic carboxylic acids is 3. The third-order valence-corrected chi connectivity index (χ3v) is 7.56. The first-order valence-electron chi connectivity index (χ1n) is 17.1. The van der Waals surface area contributed by atoms with Gasteiger partial charge in [0.15, 0.2) is 0 Å². The molecule has 14 N–H and O–H groups in total. The lowest BCUT2D eigenvalue weighted by Crippen LogP contribution is -2.58. The van der Waals surface area contributed by atoms with Gasteiger partial charge in [-0.2, -0.15) is 0 Å². The Morgan fingerprint density at radius 2 is 1.11 bits per heavy atom. The van der Waals surface area contributed by atoms with Crippen LogP contribution in [0, 0.1) is 0 Å². The van der Waals surface area contributed by atoms with Gasteiger partial charge in [0.2, 0.25) is 47.3 Å². The fraction of sp³-hybridized carbons (Fsp3) is 0.485. The summed E-state index contributed by atoms with van der Waals surface area (Å²) in [5.41, 5.74) is 6.71. The van der Waals surface area contributed by atoms with E-state index in [1.165, 1.54) is 6.92 Å². The molecule has 0 aliphatic carbocycles. The van der Waals surface area contributed by atoms with Crippen LogP contribution in [0.25, 0.3) is 0 Å². The number of carbonyl (C=O) groups excluding carboxylic acids is 8. The number of aliphatic hydroxyl groups excluding tert-OH is 1. The molecule has 24 heteroatoms. The molecular weight excluding hydrogens is 762 g/mol. The number of benzene rings is 1. The van der Waals surface area contributed by atoms with Crippen molar-refractivity contribution in [1.82, 2.24) is 42.5 Å². The molecule has 8 amide bonds. The number of carboxylic acid groups (broad SMARTS) is 3. The number of rotatable bonds is 25. The van der Waals surface area contributed by atoms with Crippen molar-refractivity contribution in [3.63, 3.8) is 0 Å². The van der Waals surface area contributed by atoms with Crippen LogP contribution in [0.3, 0.4) is 0 Å². The van der Waals surface area contributed by atoms with Crippen LogP contribution in [0.4, 0.5) is 0 Å². The van der Waals surface area contributed by atoms with Crippen LogP contribution in [0.5, 0.6) is 0 Å². The van der Waals surface area contributed by atoms with Gasteiger partial charge in [0.05, 0.1) is 38.7 Å². The molecule has 57 heavy (non-hydrogen) atoms. The van der Waals surface area contributed by atoms with Crippen LogP contribution < -0.4 is 48.3 Å². The first kappa shape index (κ1) is 48.3. The minimum Gasteiger partial charge on any atom is -0.481 e. The summed E-state index contributed by atoms with van der Waals surface area (Å²) < 4.78 is 0. The van der Waals surface area contributed by atoms with Crippen molar-refractivity contribution >= 4 is 65.2 Å². The summed E-state index contributed by atoms with van der Waals surface area (Å²) in [6.07, 6.45) is -1.78. The summed E-state index contributed by atoms with van der Waals surface area (Å²) in [6, 6.07) is 0.327. The molecule has 6 atom stereocenters. The highest BCUT2D eigenvalue weighted by Gasteiger charge is 2.29. The number of carbonyl (C=O) groups is 11. The Morgan fingerprint density at radius 1 is 0.579 bits per heavy atom. The van der Waals surface area contributed by atoms with Crippen molar-refractivity contribution in [2.45, 2.75) is 75.8 Å². The predicted molar refractivity (Wildman–Crippen MR) is 192 cm³/mol. The summed E-state index contributed by atoms with van der Waals surface area (Å²) in [5, 5.41) is 53.8. The third kappa shape index (κ3) is 19.5. The molecule has 1 unspecified atom stereocenters. The number of nitrogens with two attached hydrogens (primary N) is 1. The number of aliphatic hydroxyl groups is 1. The van der Waals surface area contributed by atoms with Crippen molar-refractivity contribution in [3.05, 3.63) is 35.9 Å². The third-order valence-electron chi connectivity index (χ3n) is 7.56. The molecule has 24 nitrogen and oxygen atoms in total. The maximum absolute atomic E-state index is 12.8. The molecule has 1 aromatic rings. The second-order valence-corrected chi connectivity index (χ2v) is 12.3. The van der Waals surface area contributed by atoms with Crippen LogP contribution in [0.1, 0.15) is 38.7 Å². The minimum atomic E-state index is -1.78. The van der Waals surface area contributed by atoms with Crippen LogP contribution in [0.15, 0.2) is 30.3 Å². The van der Waals surface area contributed by atoms with E-state index in [4.69, 9.17) is 15.9 Å². The van der Waals surface area contributed by atoms with E-state index >= 15 is 0 Å². The zero-order valence-corrected chi connectivity index (χ0v) is 30.9. The van der Waals surface area contributed by atoms with Crippen LogP contribution in [-0.4, -0.2) is 148 Å². The quantitative estimate of drug-likeness (QED) is 0.0437. The standard InChI is InChI=1S/C33H47N9O15/c1-16(38-30(53)19(34)10-18-6-4-3-5-7-18)28(51)36-12-23(44)35-13-24(45)41-21(11-27(49)50)32(55)39-17(2)29(52)42-22(15-43)31(54)37-14-25(46)40-20(33(56)57)8-9-26(47)48/h3-7,16-17,19-22,43H,8-15,34H2,1-2H3,(H,35,44)(H,36,51)(H,37,54)(H,38,53)(H,39,55)(H,40,46)(H,41,45)(H,42,52)(H,47,48)(H,49,50)(H,56,57)/t16?,17-,19-,20-,21-,22-/m0/s1. The van der Waals surface area contributed by atoms with Crippen molar-refractivity contribution in [2.75, 3.05) is 26.2 Å². The highest BCUT2D eigenvalue weighted by atomic mass is 16.4. The Hall–Kier alpha value is -6.69. The van der Waals surface area contributed by atoms with Gasteiger partial charge in [0.1, 0.15) is 30.2 Å². The Bertz CT molecular complexity index is 1640. The topological polar surface area (TPSA) is 391 Å². The monoisotopic (exact) mass is 809 g/mol. The fourth-order valence-corrected chi connectivity index (χ4v) is 4.47. The maximum Gasteiger partial charge on any atom is 0.326 e. The van der Waals surface area contributed by atoms with Crippen LogP contribution >= 0.6 is 0 Å². The Morgan fingerprint density at radius 3 is 1.67 bits per heavy atom. The van der Waals surface area contributed by atoms with E-state index in [9.17, 15) is 63.0 Å². The molecule has 0 aromatic heterocycles. The summed E-state index contributed by atoms with van der Waals surface area (Å²) in [6.45, 7) is -0.787. The average Bonchev–Trinajstić information content (AvgIpc) is 3.15. The van der Waals surface area contributed by atoms with Gasteiger partial charge in [-0.05, 0) is 32.3 Å². The van der Waals surface area contributed by atoms with Crippen molar-refractivity contribution in [3.8, 4) is 0 Å². The molecule has 1 rings (SSSR count). The molecule has 0 aliphatic rings. The van der Waals surface area contributed by atoms with E-state index < -0.39 is 147 Å². The van der Waals surface area contributed by atoms with Crippen LogP contribution in [-0.2, 0) is 59.2 Å². The van der Waals surface area contributed by atoms with Gasteiger partial charge in [-0.25, -0.2) is 4.79 Å². The van der Waals surface area contributed by atoms with E-state index in [-0.39, 0.29) is 6.42 Å². The van der Waals surface area contributed by atoms with Gasteiger partial charge in [-0.1, -0.05) is 30.3 Å². The number of amides is 8. The average molecular weight is 810 g/mol. The number of hydrogen-bond donors (Lipinski definition) is 13. The van der Waals surface area contributed by atoms with Gasteiger partial charge < -0.3 is 68.7 Å². The Labute approximate surface area is 324 Å². The summed E-state index contributed by atoms with van der Waals surface area (Å²) in [5.74, 6) is -12.1. The van der Waals surface area contributed by atoms with E-state index in [0.29, 0.717) is 0 Å².